The number of anilines is 2. The molecule has 38 heavy (non-hydrogen) atoms. The fraction of sp³-hybridized carbons (Fsp3) is 0.577. The Morgan fingerprint density at radius 1 is 1.16 bits per heavy atom. The van der Waals surface area contributed by atoms with E-state index in [2.05, 4.69) is 15.3 Å². The number of carbonyl (C=O) groups is 1. The van der Waals surface area contributed by atoms with Crippen LogP contribution in [0.5, 0.6) is 5.88 Å². The van der Waals surface area contributed by atoms with Crippen molar-refractivity contribution in [2.75, 3.05) is 24.7 Å². The average Bonchev–Trinajstić information content (AvgIpc) is 2.79. The lowest BCUT2D eigenvalue weighted by atomic mass is 9.77. The Bertz CT molecular complexity index is 1300. The number of halogens is 1. The molecule has 1 aromatic carbocycles. The van der Waals surface area contributed by atoms with Crippen LogP contribution in [0.25, 0.3) is 0 Å². The Labute approximate surface area is 222 Å². The van der Waals surface area contributed by atoms with Crippen LogP contribution in [-0.2, 0) is 19.3 Å². The molecule has 4 rings (SSSR count). The van der Waals surface area contributed by atoms with E-state index in [1.54, 1.807) is 11.8 Å². The van der Waals surface area contributed by atoms with Gasteiger partial charge in [0.05, 0.1) is 28.4 Å². The summed E-state index contributed by atoms with van der Waals surface area (Å²) in [6.07, 6.45) is 1.37. The highest BCUT2D eigenvalue weighted by molar-refractivity contribution is 7.90. The average molecular weight is 551 g/mol. The predicted molar refractivity (Wildman–Crippen MR) is 139 cm³/mol. The number of nitrogens with zero attached hydrogens (tertiary/aromatic N) is 3. The third-order valence-corrected chi connectivity index (χ3v) is 8.01. The van der Waals surface area contributed by atoms with Gasteiger partial charge < -0.3 is 24.4 Å². The van der Waals surface area contributed by atoms with E-state index in [1.807, 2.05) is 34.6 Å². The molecule has 2 bridgehead atoms. The third-order valence-electron chi connectivity index (χ3n) is 6.90. The van der Waals surface area contributed by atoms with E-state index in [0.29, 0.717) is 30.4 Å². The standard InChI is InChI=1S/C26H35FN4O6S/c1-14-23(30-21-9-8-17(10-20(21)27)38(7,33)34)28-13-29-24(14)36-22-18-11-31(25(32)37-26(4,5)6)12-19(22)16(3)35-15(18)2/h8-10,13,15-16,18-19,22H,11-12H2,1-7H3,(H,28,29,30). The molecule has 2 aliphatic rings. The summed E-state index contributed by atoms with van der Waals surface area (Å²) in [5, 5.41) is 2.91. The van der Waals surface area contributed by atoms with Gasteiger partial charge in [-0.1, -0.05) is 0 Å². The maximum Gasteiger partial charge on any atom is 0.410 e. The molecule has 2 fully saturated rings. The quantitative estimate of drug-likeness (QED) is 0.586. The second-order valence-corrected chi connectivity index (χ2v) is 13.0. The summed E-state index contributed by atoms with van der Waals surface area (Å²) < 4.78 is 56.3. The van der Waals surface area contributed by atoms with Crippen molar-refractivity contribution < 1.29 is 31.8 Å². The van der Waals surface area contributed by atoms with E-state index in [0.717, 1.165) is 12.3 Å². The molecule has 2 aromatic rings. The SMILES string of the molecule is Cc1c(Nc2ccc(S(C)(=O)=O)cc2F)ncnc1OC1C2CN(C(=O)OC(C)(C)C)CC1C(C)OC2C. The summed E-state index contributed by atoms with van der Waals surface area (Å²) >= 11 is 0. The lowest BCUT2D eigenvalue weighted by Gasteiger charge is -2.51. The van der Waals surface area contributed by atoms with Gasteiger partial charge >= 0.3 is 6.09 Å². The van der Waals surface area contributed by atoms with Gasteiger partial charge in [0.15, 0.2) is 9.84 Å². The zero-order valence-electron chi connectivity index (χ0n) is 22.7. The van der Waals surface area contributed by atoms with E-state index < -0.39 is 21.3 Å². The Morgan fingerprint density at radius 2 is 1.79 bits per heavy atom. The number of sulfone groups is 1. The number of benzene rings is 1. The van der Waals surface area contributed by atoms with Crippen LogP contribution in [0.4, 0.5) is 20.7 Å². The lowest BCUT2D eigenvalue weighted by Crippen LogP contribution is -2.63. The monoisotopic (exact) mass is 550 g/mol. The Balaban J connectivity index is 1.56. The van der Waals surface area contributed by atoms with Gasteiger partial charge in [-0.05, 0) is 59.7 Å². The predicted octanol–water partition coefficient (Wildman–Crippen LogP) is 4.11. The van der Waals surface area contributed by atoms with Crippen molar-refractivity contribution in [1.82, 2.24) is 14.9 Å². The van der Waals surface area contributed by atoms with Gasteiger partial charge in [0.1, 0.15) is 29.7 Å². The number of hydrogen-bond acceptors (Lipinski definition) is 9. The molecule has 4 unspecified atom stereocenters. The molecule has 2 saturated heterocycles. The van der Waals surface area contributed by atoms with Gasteiger partial charge in [-0.3, -0.25) is 0 Å². The minimum absolute atomic E-state index is 0.0725. The summed E-state index contributed by atoms with van der Waals surface area (Å²) in [6.45, 7) is 12.0. The number of nitrogens with one attached hydrogen (secondary N) is 1. The molecule has 0 radical (unpaired) electrons. The summed E-state index contributed by atoms with van der Waals surface area (Å²) in [4.78, 5) is 23.0. The number of fused-ring (bicyclic) bond motifs is 2. The van der Waals surface area contributed by atoms with Crippen molar-refractivity contribution >= 4 is 27.4 Å². The first-order valence-electron chi connectivity index (χ1n) is 12.5. The van der Waals surface area contributed by atoms with Gasteiger partial charge in [0.2, 0.25) is 5.88 Å². The minimum atomic E-state index is -3.54. The first-order chi connectivity index (χ1) is 17.6. The van der Waals surface area contributed by atoms with Gasteiger partial charge in [0.25, 0.3) is 0 Å². The zero-order valence-corrected chi connectivity index (χ0v) is 23.5. The largest absolute Gasteiger partial charge is 0.473 e. The van der Waals surface area contributed by atoms with Crippen molar-refractivity contribution in [2.45, 2.75) is 70.4 Å². The van der Waals surface area contributed by atoms with Crippen LogP contribution in [0.3, 0.4) is 0 Å². The molecule has 12 heteroatoms. The van der Waals surface area contributed by atoms with Gasteiger partial charge in [-0.2, -0.15) is 0 Å². The molecule has 0 saturated carbocycles. The third kappa shape index (κ3) is 6.01. The van der Waals surface area contributed by atoms with Crippen molar-refractivity contribution in [3.05, 3.63) is 35.9 Å². The van der Waals surface area contributed by atoms with E-state index in [1.165, 1.54) is 18.5 Å². The molecule has 208 valence electrons. The first-order valence-corrected chi connectivity index (χ1v) is 14.4. The van der Waals surface area contributed by atoms with Crippen LogP contribution in [0.15, 0.2) is 29.4 Å². The Kier molecular flexibility index (Phi) is 7.59. The van der Waals surface area contributed by atoms with E-state index in [9.17, 15) is 17.6 Å². The zero-order chi connectivity index (χ0) is 28.0. The van der Waals surface area contributed by atoms with E-state index >= 15 is 0 Å². The normalized spacial score (nSPS) is 25.6. The second kappa shape index (κ2) is 10.3. The van der Waals surface area contributed by atoms with Crippen LogP contribution in [0.1, 0.15) is 40.2 Å². The molecular formula is C26H35FN4O6S. The Morgan fingerprint density at radius 3 is 2.34 bits per heavy atom. The highest BCUT2D eigenvalue weighted by atomic mass is 32.2. The highest BCUT2D eigenvalue weighted by Crippen LogP contribution is 2.39. The molecule has 1 N–H and O–H groups in total. The maximum absolute atomic E-state index is 14.7. The Hall–Kier alpha value is -2.99. The second-order valence-electron chi connectivity index (χ2n) is 11.0. The van der Waals surface area contributed by atoms with Crippen LogP contribution < -0.4 is 10.1 Å². The molecule has 1 aromatic heterocycles. The van der Waals surface area contributed by atoms with Crippen LogP contribution in [0, 0.1) is 24.6 Å². The van der Waals surface area contributed by atoms with Crippen LogP contribution >= 0.6 is 0 Å². The summed E-state index contributed by atoms with van der Waals surface area (Å²) in [7, 11) is -3.54. The van der Waals surface area contributed by atoms with E-state index in [4.69, 9.17) is 14.2 Å². The number of hydrogen-bond donors (Lipinski definition) is 1. The van der Waals surface area contributed by atoms with Crippen molar-refractivity contribution in [1.29, 1.82) is 0 Å². The van der Waals surface area contributed by atoms with Crippen molar-refractivity contribution in [3.8, 4) is 5.88 Å². The number of piperidine rings is 1. The van der Waals surface area contributed by atoms with Gasteiger partial charge in [0, 0.05) is 31.2 Å². The van der Waals surface area contributed by atoms with Crippen molar-refractivity contribution in [2.24, 2.45) is 11.8 Å². The highest BCUT2D eigenvalue weighted by Gasteiger charge is 2.50. The molecule has 2 aliphatic heterocycles. The lowest BCUT2D eigenvalue weighted by molar-refractivity contribution is -0.181. The van der Waals surface area contributed by atoms with Crippen molar-refractivity contribution in [3.63, 3.8) is 0 Å². The molecule has 4 atom stereocenters. The number of aromatic nitrogens is 2. The van der Waals surface area contributed by atoms with Gasteiger partial charge in [-0.15, -0.1) is 0 Å². The molecular weight excluding hydrogens is 515 g/mol. The van der Waals surface area contributed by atoms with Crippen LogP contribution in [-0.4, -0.2) is 72.6 Å². The summed E-state index contributed by atoms with van der Waals surface area (Å²) in [6, 6.07) is 3.65. The van der Waals surface area contributed by atoms with E-state index in [-0.39, 0.29) is 46.8 Å². The number of ether oxygens (including phenoxy) is 3. The van der Waals surface area contributed by atoms with Gasteiger partial charge in [-0.25, -0.2) is 27.6 Å². The fourth-order valence-electron chi connectivity index (χ4n) is 4.89. The maximum atomic E-state index is 14.7. The number of amides is 1. The topological polar surface area (TPSA) is 120 Å². The number of rotatable bonds is 5. The fourth-order valence-corrected chi connectivity index (χ4v) is 5.53. The van der Waals surface area contributed by atoms with Crippen LogP contribution in [0.2, 0.25) is 0 Å². The molecule has 10 nitrogen and oxygen atoms in total. The number of likely N-dealkylation sites (tertiary alicyclic amines) is 1. The smallest absolute Gasteiger partial charge is 0.410 e. The minimum Gasteiger partial charge on any atom is -0.473 e. The molecule has 1 amide bonds. The molecule has 3 heterocycles. The summed E-state index contributed by atoms with van der Waals surface area (Å²) in [5.41, 5.74) is 0.0376. The summed E-state index contributed by atoms with van der Waals surface area (Å²) in [5.74, 6) is -0.303. The molecule has 0 spiro atoms. The first kappa shape index (κ1) is 28.0. The molecule has 0 aliphatic carbocycles. The number of carbonyl (C=O) groups excluding carboxylic acids is 1.